The molecule has 0 saturated heterocycles. The molecular weight excluding hydrogens is 460 g/mol. The summed E-state index contributed by atoms with van der Waals surface area (Å²) < 4.78 is 71.7. The Hall–Kier alpha value is -5.08. The fourth-order valence-electron chi connectivity index (χ4n) is 5.37. The van der Waals surface area contributed by atoms with Gasteiger partial charge in [0.25, 0.3) is 0 Å². The van der Waals surface area contributed by atoms with Crippen molar-refractivity contribution >= 4 is 43.6 Å². The molecule has 0 aliphatic carbocycles. The number of nitrogens with one attached hydrogen (secondary N) is 1. The number of hydrogen-bond donors (Lipinski definition) is 1. The molecule has 178 valence electrons. The lowest BCUT2D eigenvalue weighted by molar-refractivity contribution is 1.18. The maximum atomic E-state index is 9.16. The van der Waals surface area contributed by atoms with Crippen LogP contribution in [0.15, 0.2) is 139 Å². The van der Waals surface area contributed by atoms with E-state index in [2.05, 4.69) is 29.2 Å². The molecule has 0 fully saturated rings. The van der Waals surface area contributed by atoms with Crippen LogP contribution in [0, 0.1) is 0 Å². The number of fused-ring (bicyclic) bond motifs is 7. The molecule has 8 aromatic rings. The third kappa shape index (κ3) is 3.14. The second-order valence-electron chi connectivity index (χ2n) is 9.27. The summed E-state index contributed by atoms with van der Waals surface area (Å²) in [6.07, 6.45) is 0. The predicted octanol–water partition coefficient (Wildman–Crippen LogP) is 9.75. The summed E-state index contributed by atoms with van der Waals surface area (Å²) in [5, 5.41) is 0.920. The minimum Gasteiger partial charge on any atom is -0.353 e. The van der Waals surface area contributed by atoms with E-state index in [0.717, 1.165) is 22.3 Å². The Morgan fingerprint density at radius 3 is 2.08 bits per heavy atom. The van der Waals surface area contributed by atoms with Gasteiger partial charge in [-0.05, 0) is 52.5 Å². The zero-order valence-corrected chi connectivity index (χ0v) is 20.1. The van der Waals surface area contributed by atoms with Crippen molar-refractivity contribution in [2.75, 3.05) is 0 Å². The topological polar surface area (TPSA) is 20.7 Å². The standard InChI is InChI=1S/C36H24N2/c1-2-10-24(11-3-1)25-12-8-13-26(22-25)27-14-9-15-28(23-27)38-34-19-7-5-17-30(34)32-21-20-31-29-16-4-6-18-33(29)37-35(31)36(32)38/h1-23,37H/i4D,5D,16D,17D,18D,19D,20D,21D. The number of benzene rings is 6. The van der Waals surface area contributed by atoms with Crippen molar-refractivity contribution in [2.45, 2.75) is 0 Å². The second kappa shape index (κ2) is 8.22. The summed E-state index contributed by atoms with van der Waals surface area (Å²) in [7, 11) is 0. The van der Waals surface area contributed by atoms with Crippen LogP contribution in [0.25, 0.3) is 71.6 Å². The summed E-state index contributed by atoms with van der Waals surface area (Å²) in [5.41, 5.74) is 6.04. The van der Waals surface area contributed by atoms with Gasteiger partial charge >= 0.3 is 0 Å². The van der Waals surface area contributed by atoms with Gasteiger partial charge in [0.05, 0.1) is 27.5 Å². The van der Waals surface area contributed by atoms with Gasteiger partial charge in [-0.3, -0.25) is 0 Å². The van der Waals surface area contributed by atoms with Crippen molar-refractivity contribution in [3.63, 3.8) is 0 Å². The van der Waals surface area contributed by atoms with Crippen molar-refractivity contribution in [2.24, 2.45) is 0 Å². The average Bonchev–Trinajstić information content (AvgIpc) is 3.64. The quantitative estimate of drug-likeness (QED) is 0.253. The highest BCUT2D eigenvalue weighted by Crippen LogP contribution is 2.39. The van der Waals surface area contributed by atoms with Gasteiger partial charge in [-0.1, -0.05) is 109 Å². The second-order valence-corrected chi connectivity index (χ2v) is 9.27. The van der Waals surface area contributed by atoms with Crippen LogP contribution in [0.3, 0.4) is 0 Å². The number of rotatable bonds is 3. The number of nitrogens with zero attached hydrogens (tertiary/aromatic N) is 1. The van der Waals surface area contributed by atoms with Crippen LogP contribution in [0.2, 0.25) is 0 Å². The highest BCUT2D eigenvalue weighted by Gasteiger charge is 2.17. The number of para-hydroxylation sites is 2. The summed E-state index contributed by atoms with van der Waals surface area (Å²) in [6, 6.07) is 27.6. The molecule has 38 heavy (non-hydrogen) atoms. The van der Waals surface area contributed by atoms with Crippen molar-refractivity contribution in [3.05, 3.63) is 139 Å². The van der Waals surface area contributed by atoms with Crippen LogP contribution in [0.1, 0.15) is 11.0 Å². The number of H-pyrrole nitrogens is 1. The maximum absolute atomic E-state index is 9.16. The molecule has 6 aromatic carbocycles. The smallest absolute Gasteiger partial charge is 0.0783 e. The van der Waals surface area contributed by atoms with Gasteiger partial charge < -0.3 is 9.55 Å². The van der Waals surface area contributed by atoms with E-state index < -0.39 is 0 Å². The molecule has 0 radical (unpaired) electrons. The summed E-state index contributed by atoms with van der Waals surface area (Å²) in [5.74, 6) is 0. The molecule has 1 N–H and O–H groups in total. The Bertz CT molecular complexity index is 2570. The molecular formula is C36H24N2. The fourth-order valence-corrected chi connectivity index (χ4v) is 5.37. The van der Waals surface area contributed by atoms with E-state index in [1.807, 2.05) is 54.6 Å². The first kappa shape index (κ1) is 14.6. The number of aromatic nitrogens is 2. The van der Waals surface area contributed by atoms with E-state index in [1.165, 1.54) is 12.1 Å². The van der Waals surface area contributed by atoms with Gasteiger partial charge in [0, 0.05) is 32.7 Å². The first-order valence-electron chi connectivity index (χ1n) is 16.4. The van der Waals surface area contributed by atoms with Crippen LogP contribution < -0.4 is 0 Å². The summed E-state index contributed by atoms with van der Waals surface area (Å²) >= 11 is 0. The first-order chi connectivity index (χ1) is 22.2. The molecule has 0 atom stereocenters. The lowest BCUT2D eigenvalue weighted by Crippen LogP contribution is -1.95. The summed E-state index contributed by atoms with van der Waals surface area (Å²) in [4.78, 5) is 3.24. The van der Waals surface area contributed by atoms with E-state index in [-0.39, 0.29) is 75.4 Å². The van der Waals surface area contributed by atoms with Crippen molar-refractivity contribution < 1.29 is 11.0 Å². The zero-order valence-electron chi connectivity index (χ0n) is 28.1. The van der Waals surface area contributed by atoms with E-state index in [4.69, 9.17) is 11.0 Å². The maximum Gasteiger partial charge on any atom is 0.0783 e. The van der Waals surface area contributed by atoms with Crippen LogP contribution in [0.5, 0.6) is 0 Å². The zero-order chi connectivity index (χ0) is 32.0. The largest absolute Gasteiger partial charge is 0.353 e. The van der Waals surface area contributed by atoms with Gasteiger partial charge in [-0.15, -0.1) is 0 Å². The Kier molecular flexibility index (Phi) is 3.16. The number of hydrogen-bond acceptors (Lipinski definition) is 0. The van der Waals surface area contributed by atoms with Crippen molar-refractivity contribution in [1.29, 1.82) is 0 Å². The Labute approximate surface area is 231 Å². The molecule has 2 nitrogen and oxygen atoms in total. The molecule has 0 bridgehead atoms. The third-order valence-corrected chi connectivity index (χ3v) is 7.09. The minimum absolute atomic E-state index is 0.00493. The van der Waals surface area contributed by atoms with Gasteiger partial charge in [0.2, 0.25) is 0 Å². The molecule has 0 saturated carbocycles. The molecule has 0 spiro atoms. The number of aromatic amines is 1. The van der Waals surface area contributed by atoms with E-state index in [1.54, 1.807) is 4.57 Å². The Morgan fingerprint density at radius 1 is 0.526 bits per heavy atom. The van der Waals surface area contributed by atoms with Gasteiger partial charge in [-0.25, -0.2) is 0 Å². The molecule has 2 heterocycles. The molecule has 0 aliphatic rings. The van der Waals surface area contributed by atoms with Crippen molar-refractivity contribution in [1.82, 2.24) is 9.55 Å². The van der Waals surface area contributed by atoms with Gasteiger partial charge in [-0.2, -0.15) is 0 Å². The fraction of sp³-hybridized carbons (Fsp3) is 0. The normalized spacial score (nSPS) is 14.6. The lowest BCUT2D eigenvalue weighted by atomic mass is 9.99. The van der Waals surface area contributed by atoms with Crippen LogP contribution in [0.4, 0.5) is 0 Å². The predicted molar refractivity (Wildman–Crippen MR) is 161 cm³/mol. The first-order valence-corrected chi connectivity index (χ1v) is 12.4. The van der Waals surface area contributed by atoms with E-state index in [9.17, 15) is 0 Å². The lowest BCUT2D eigenvalue weighted by Gasteiger charge is -2.12. The SMILES string of the molecule is [2H]c1cc([2H])c2[nH]c3c(c([2H])c([2H])c4c5c([2H])c([2H])cc([2H])c5n(-c5cccc(-c6cccc(-c7ccccc7)c6)c5)c34)c2c1[2H]. The third-order valence-electron chi connectivity index (χ3n) is 7.09. The van der Waals surface area contributed by atoms with E-state index in [0.29, 0.717) is 22.2 Å². The monoisotopic (exact) mass is 492 g/mol. The van der Waals surface area contributed by atoms with Crippen LogP contribution in [-0.4, -0.2) is 9.55 Å². The average molecular weight is 493 g/mol. The molecule has 2 aromatic heterocycles. The van der Waals surface area contributed by atoms with Gasteiger partial charge in [0.1, 0.15) is 0 Å². The highest BCUT2D eigenvalue weighted by molar-refractivity contribution is 6.22. The summed E-state index contributed by atoms with van der Waals surface area (Å²) in [6.45, 7) is 0. The Balaban J connectivity index is 1.51. The van der Waals surface area contributed by atoms with Crippen molar-refractivity contribution in [3.8, 4) is 27.9 Å². The molecule has 0 amide bonds. The van der Waals surface area contributed by atoms with E-state index >= 15 is 0 Å². The molecule has 2 heteroatoms. The van der Waals surface area contributed by atoms with Crippen LogP contribution >= 0.6 is 0 Å². The molecule has 0 aliphatic heterocycles. The Morgan fingerprint density at radius 2 is 1.21 bits per heavy atom. The highest BCUT2D eigenvalue weighted by atomic mass is 15.0. The molecule has 8 rings (SSSR count). The minimum atomic E-state index is -0.210. The van der Waals surface area contributed by atoms with Gasteiger partial charge in [0.15, 0.2) is 0 Å². The van der Waals surface area contributed by atoms with Crippen LogP contribution in [-0.2, 0) is 0 Å². The molecule has 0 unspecified atom stereocenters.